The molecule has 0 spiro atoms. The van der Waals surface area contributed by atoms with Crippen molar-refractivity contribution in [3.8, 4) is 5.69 Å². The molecule has 6 nitrogen and oxygen atoms in total. The van der Waals surface area contributed by atoms with Crippen molar-refractivity contribution in [1.29, 1.82) is 0 Å². The average Bonchev–Trinajstić information content (AvgIpc) is 3.18. The maximum absolute atomic E-state index is 11.4. The lowest BCUT2D eigenvalue weighted by Gasteiger charge is -2.32. The molecule has 2 heterocycles. The Morgan fingerprint density at radius 2 is 1.81 bits per heavy atom. The summed E-state index contributed by atoms with van der Waals surface area (Å²) in [4.78, 5) is 11.4. The lowest BCUT2D eigenvalue weighted by atomic mass is 9.77. The first-order chi connectivity index (χ1) is 12.7. The van der Waals surface area contributed by atoms with Crippen LogP contribution in [0.5, 0.6) is 0 Å². The summed E-state index contributed by atoms with van der Waals surface area (Å²) < 4.78 is 14.1. The van der Waals surface area contributed by atoms with Crippen molar-refractivity contribution in [2.24, 2.45) is 0 Å². The highest BCUT2D eigenvalue weighted by Crippen LogP contribution is 2.38. The van der Waals surface area contributed by atoms with Gasteiger partial charge in [0, 0.05) is 25.9 Å². The van der Waals surface area contributed by atoms with Crippen LogP contribution in [0, 0.1) is 0 Å². The molecule has 27 heavy (non-hydrogen) atoms. The zero-order valence-corrected chi connectivity index (χ0v) is 16.5. The molecule has 2 aromatic rings. The second kappa shape index (κ2) is 7.33. The number of benzene rings is 1. The van der Waals surface area contributed by atoms with Crippen molar-refractivity contribution >= 4 is 19.1 Å². The lowest BCUT2D eigenvalue weighted by Crippen LogP contribution is -2.41. The number of nitrogens with one attached hydrogen (secondary N) is 1. The molecule has 1 aromatic carbocycles. The number of carbonyl (C=O) groups excluding carboxylic acids is 1. The van der Waals surface area contributed by atoms with Crippen molar-refractivity contribution < 1.29 is 14.1 Å². The third-order valence-corrected chi connectivity index (χ3v) is 5.11. The first-order valence-electron chi connectivity index (χ1n) is 9.08. The van der Waals surface area contributed by atoms with Crippen LogP contribution in [0.2, 0.25) is 0 Å². The Hall–Kier alpha value is -2.38. The molecule has 0 aliphatic carbocycles. The summed E-state index contributed by atoms with van der Waals surface area (Å²) in [6.07, 6.45) is 5.65. The van der Waals surface area contributed by atoms with Crippen molar-refractivity contribution in [1.82, 2.24) is 15.1 Å². The molecule has 3 rings (SSSR count). The van der Waals surface area contributed by atoms with E-state index in [4.69, 9.17) is 9.31 Å². The van der Waals surface area contributed by atoms with Crippen LogP contribution in [0.15, 0.2) is 48.2 Å². The van der Waals surface area contributed by atoms with E-state index in [-0.39, 0.29) is 5.91 Å². The van der Waals surface area contributed by atoms with Gasteiger partial charge in [0.25, 0.3) is 0 Å². The van der Waals surface area contributed by atoms with Crippen molar-refractivity contribution in [3.63, 3.8) is 0 Å². The molecule has 0 radical (unpaired) electrons. The summed E-state index contributed by atoms with van der Waals surface area (Å²) in [5.74, 6) is -0.0913. The molecular weight excluding hydrogens is 341 g/mol. The van der Waals surface area contributed by atoms with Gasteiger partial charge in [-0.2, -0.15) is 5.10 Å². The van der Waals surface area contributed by atoms with E-state index in [0.29, 0.717) is 6.54 Å². The fraction of sp³-hybridized carbons (Fsp3) is 0.400. The number of amides is 1. The van der Waals surface area contributed by atoms with Crippen LogP contribution >= 0.6 is 0 Å². The van der Waals surface area contributed by atoms with E-state index in [1.165, 1.54) is 6.92 Å². The molecular formula is C20H26BN3O3. The maximum Gasteiger partial charge on any atom is 0.492 e. The predicted molar refractivity (Wildman–Crippen MR) is 106 cm³/mol. The molecule has 0 atom stereocenters. The van der Waals surface area contributed by atoms with Gasteiger partial charge in [0.15, 0.2) is 0 Å². The van der Waals surface area contributed by atoms with Crippen LogP contribution < -0.4 is 5.32 Å². The third kappa shape index (κ3) is 4.31. The Morgan fingerprint density at radius 3 is 2.33 bits per heavy atom. The van der Waals surface area contributed by atoms with E-state index in [0.717, 1.165) is 16.7 Å². The second-order valence-electron chi connectivity index (χ2n) is 7.76. The minimum atomic E-state index is -0.507. The van der Waals surface area contributed by atoms with Crippen LogP contribution in [0.3, 0.4) is 0 Å². The van der Waals surface area contributed by atoms with Gasteiger partial charge in [0.2, 0.25) is 5.91 Å². The monoisotopic (exact) mass is 367 g/mol. The van der Waals surface area contributed by atoms with Gasteiger partial charge in [-0.25, -0.2) is 4.68 Å². The van der Waals surface area contributed by atoms with Crippen LogP contribution in [0.25, 0.3) is 11.8 Å². The quantitative estimate of drug-likeness (QED) is 0.825. The minimum Gasteiger partial charge on any atom is -0.400 e. The Bertz CT molecular complexity index is 811. The number of nitrogens with zero attached hydrogens (tertiary/aromatic N) is 2. The smallest absolute Gasteiger partial charge is 0.400 e. The van der Waals surface area contributed by atoms with E-state index in [1.54, 1.807) is 10.9 Å². The molecule has 1 N–H and O–H groups in total. The SMILES string of the molecule is CC(=O)NCC(=Cc1ccc(-n2cccn2)cc1)B1OC(C)(C)C(C)(C)O1. The molecule has 0 bridgehead atoms. The highest BCUT2D eigenvalue weighted by atomic mass is 16.7. The number of carbonyl (C=O) groups is 1. The largest absolute Gasteiger partial charge is 0.492 e. The van der Waals surface area contributed by atoms with Gasteiger partial charge in [-0.1, -0.05) is 18.2 Å². The van der Waals surface area contributed by atoms with E-state index < -0.39 is 18.3 Å². The first-order valence-corrected chi connectivity index (χ1v) is 9.08. The summed E-state index contributed by atoms with van der Waals surface area (Å²) in [7, 11) is -0.507. The van der Waals surface area contributed by atoms with E-state index in [2.05, 4.69) is 10.4 Å². The van der Waals surface area contributed by atoms with Crippen LogP contribution in [-0.4, -0.2) is 40.6 Å². The summed E-state index contributed by atoms with van der Waals surface area (Å²) in [5.41, 5.74) is 1.99. The van der Waals surface area contributed by atoms with Crippen LogP contribution in [0.4, 0.5) is 0 Å². The molecule has 142 valence electrons. The fourth-order valence-corrected chi connectivity index (χ4v) is 2.78. The van der Waals surface area contributed by atoms with Crippen LogP contribution in [-0.2, 0) is 14.1 Å². The Labute approximate surface area is 160 Å². The van der Waals surface area contributed by atoms with Gasteiger partial charge >= 0.3 is 7.12 Å². The van der Waals surface area contributed by atoms with E-state index in [1.807, 2.05) is 70.3 Å². The van der Waals surface area contributed by atoms with Gasteiger partial charge in [-0.15, -0.1) is 0 Å². The molecule has 7 heteroatoms. The second-order valence-corrected chi connectivity index (χ2v) is 7.76. The third-order valence-electron chi connectivity index (χ3n) is 5.11. The summed E-state index contributed by atoms with van der Waals surface area (Å²) in [5, 5.41) is 7.08. The zero-order valence-electron chi connectivity index (χ0n) is 16.5. The topological polar surface area (TPSA) is 65.4 Å². The predicted octanol–water partition coefficient (Wildman–Crippen LogP) is 3.02. The molecule has 0 unspecified atom stereocenters. The fourth-order valence-electron chi connectivity index (χ4n) is 2.78. The zero-order chi connectivity index (χ0) is 19.7. The standard InChI is InChI=1S/C20H26BN3O3/c1-15(25)22-14-17(21-26-19(2,3)20(4,5)27-21)13-16-7-9-18(10-8-16)24-12-6-11-23-24/h6-13H,14H2,1-5H3,(H,22,25). The van der Waals surface area contributed by atoms with E-state index >= 15 is 0 Å². The highest BCUT2D eigenvalue weighted by molar-refractivity contribution is 6.56. The number of rotatable bonds is 5. The number of hydrogen-bond donors (Lipinski definition) is 1. The van der Waals surface area contributed by atoms with Crippen LogP contribution in [0.1, 0.15) is 40.2 Å². The van der Waals surface area contributed by atoms with Gasteiger partial charge in [-0.05, 0) is 56.9 Å². The van der Waals surface area contributed by atoms with Gasteiger partial charge in [0.1, 0.15) is 0 Å². The van der Waals surface area contributed by atoms with E-state index in [9.17, 15) is 4.79 Å². The van der Waals surface area contributed by atoms with Crippen molar-refractivity contribution in [3.05, 3.63) is 53.8 Å². The molecule has 1 aliphatic heterocycles. The minimum absolute atomic E-state index is 0.0913. The number of hydrogen-bond acceptors (Lipinski definition) is 4. The van der Waals surface area contributed by atoms with Gasteiger partial charge in [-0.3, -0.25) is 4.79 Å². The lowest BCUT2D eigenvalue weighted by molar-refractivity contribution is -0.118. The highest BCUT2D eigenvalue weighted by Gasteiger charge is 2.52. The van der Waals surface area contributed by atoms with Crippen molar-refractivity contribution in [2.45, 2.75) is 45.8 Å². The molecule has 0 saturated carbocycles. The Kier molecular flexibility index (Phi) is 5.26. The summed E-state index contributed by atoms with van der Waals surface area (Å²) in [6, 6.07) is 9.90. The number of aromatic nitrogens is 2. The molecule has 1 amide bonds. The molecule has 1 aliphatic rings. The van der Waals surface area contributed by atoms with Gasteiger partial charge < -0.3 is 14.6 Å². The summed E-state index contributed by atoms with van der Waals surface area (Å²) in [6.45, 7) is 9.93. The molecule has 1 aromatic heterocycles. The first kappa shape index (κ1) is 19.4. The molecule has 1 fully saturated rings. The summed E-state index contributed by atoms with van der Waals surface area (Å²) >= 11 is 0. The average molecular weight is 367 g/mol. The maximum atomic E-state index is 11.4. The Balaban J connectivity index is 1.85. The molecule has 1 saturated heterocycles. The normalized spacial score (nSPS) is 18.6. The Morgan fingerprint density at radius 1 is 1.19 bits per heavy atom. The van der Waals surface area contributed by atoms with Crippen molar-refractivity contribution in [2.75, 3.05) is 6.54 Å². The van der Waals surface area contributed by atoms with Gasteiger partial charge in [0.05, 0.1) is 16.9 Å².